The van der Waals surface area contributed by atoms with Gasteiger partial charge in [0.25, 0.3) is 5.91 Å². The van der Waals surface area contributed by atoms with Crippen LogP contribution in [-0.4, -0.2) is 58.0 Å². The van der Waals surface area contributed by atoms with Crippen molar-refractivity contribution in [2.24, 2.45) is 11.3 Å². The fraction of sp³-hybridized carbons (Fsp3) is 0.476. The predicted octanol–water partition coefficient (Wildman–Crippen LogP) is 2.31. The number of aromatic nitrogens is 2. The molecule has 1 aromatic heterocycles. The zero-order valence-corrected chi connectivity index (χ0v) is 15.6. The lowest BCUT2D eigenvalue weighted by Gasteiger charge is -2.33. The highest BCUT2D eigenvalue weighted by Gasteiger charge is 2.55. The number of fused-ring (bicyclic) bond motifs is 1. The molecule has 7 heteroatoms. The van der Waals surface area contributed by atoms with E-state index in [1.807, 2.05) is 35.0 Å². The average molecular weight is 381 g/mol. The van der Waals surface area contributed by atoms with E-state index in [1.54, 1.807) is 11.1 Å². The van der Waals surface area contributed by atoms with Crippen LogP contribution < -0.4 is 0 Å². The Balaban J connectivity index is 1.48. The average Bonchev–Trinajstić information content (AvgIpc) is 3.32. The summed E-state index contributed by atoms with van der Waals surface area (Å²) in [4.78, 5) is 27.1. The van der Waals surface area contributed by atoms with Gasteiger partial charge in [-0.2, -0.15) is 5.10 Å². The maximum absolute atomic E-state index is 13.4. The molecule has 1 aliphatic carbocycles. The maximum Gasteiger partial charge on any atom is 0.311 e. The van der Waals surface area contributed by atoms with E-state index in [0.717, 1.165) is 24.2 Å². The Labute approximate surface area is 162 Å². The van der Waals surface area contributed by atoms with Gasteiger partial charge in [0.1, 0.15) is 0 Å². The van der Waals surface area contributed by atoms with Crippen LogP contribution in [0.3, 0.4) is 0 Å². The second-order valence-corrected chi connectivity index (χ2v) is 8.13. The number of para-hydroxylation sites is 1. The smallest absolute Gasteiger partial charge is 0.311 e. The van der Waals surface area contributed by atoms with Gasteiger partial charge < -0.3 is 14.7 Å². The predicted molar refractivity (Wildman–Crippen MR) is 100 cm³/mol. The second kappa shape index (κ2) is 6.44. The number of likely N-dealkylation sites (tertiary alicyclic amines) is 1. The summed E-state index contributed by atoms with van der Waals surface area (Å²) in [6, 6.07) is 9.83. The Bertz CT molecular complexity index is 921. The molecule has 3 heterocycles. The van der Waals surface area contributed by atoms with Gasteiger partial charge in [0.15, 0.2) is 0 Å². The zero-order chi connectivity index (χ0) is 19.3. The first-order chi connectivity index (χ1) is 13.6. The molecule has 5 rings (SSSR count). The Morgan fingerprint density at radius 3 is 2.68 bits per heavy atom. The SMILES string of the molecule is O=C(c1cnn(-c2ccccc2)c1C1CC1)N1C[C@H]2COCC[C@@]2(C(=O)O)C1. The van der Waals surface area contributed by atoms with E-state index in [1.165, 1.54) is 0 Å². The number of aliphatic carboxylic acids is 1. The molecule has 1 amide bonds. The van der Waals surface area contributed by atoms with E-state index in [0.29, 0.717) is 37.7 Å². The summed E-state index contributed by atoms with van der Waals surface area (Å²) < 4.78 is 7.37. The Morgan fingerprint density at radius 1 is 1.21 bits per heavy atom. The molecule has 0 bridgehead atoms. The number of rotatable bonds is 4. The van der Waals surface area contributed by atoms with Gasteiger partial charge in [0.05, 0.1) is 35.2 Å². The molecule has 1 saturated carbocycles. The van der Waals surface area contributed by atoms with Crippen LogP contribution in [0.15, 0.2) is 36.5 Å². The fourth-order valence-corrected chi connectivity index (χ4v) is 4.67. The number of hydrogen-bond donors (Lipinski definition) is 1. The van der Waals surface area contributed by atoms with E-state index in [4.69, 9.17) is 4.74 Å². The van der Waals surface area contributed by atoms with Crippen molar-refractivity contribution in [3.8, 4) is 5.69 Å². The molecule has 0 unspecified atom stereocenters. The van der Waals surface area contributed by atoms with Gasteiger partial charge in [0, 0.05) is 31.5 Å². The van der Waals surface area contributed by atoms with Crippen LogP contribution in [0.4, 0.5) is 0 Å². The van der Waals surface area contributed by atoms with Crippen molar-refractivity contribution < 1.29 is 19.4 Å². The first kappa shape index (κ1) is 17.4. The molecule has 0 radical (unpaired) electrons. The van der Waals surface area contributed by atoms with Crippen molar-refractivity contribution in [3.05, 3.63) is 47.8 Å². The molecule has 146 valence electrons. The largest absolute Gasteiger partial charge is 0.481 e. The van der Waals surface area contributed by atoms with E-state index in [2.05, 4.69) is 5.10 Å². The summed E-state index contributed by atoms with van der Waals surface area (Å²) in [6.45, 7) is 1.50. The number of amides is 1. The number of carboxylic acids is 1. The van der Waals surface area contributed by atoms with Gasteiger partial charge in [-0.25, -0.2) is 4.68 Å². The summed E-state index contributed by atoms with van der Waals surface area (Å²) >= 11 is 0. The molecule has 7 nitrogen and oxygen atoms in total. The molecule has 0 spiro atoms. The minimum atomic E-state index is -0.886. The quantitative estimate of drug-likeness (QED) is 0.879. The molecular formula is C21H23N3O4. The number of carbonyl (C=O) groups is 2. The van der Waals surface area contributed by atoms with Gasteiger partial charge in [-0.15, -0.1) is 0 Å². The summed E-state index contributed by atoms with van der Waals surface area (Å²) in [5.74, 6) is -0.753. The first-order valence-electron chi connectivity index (χ1n) is 9.84. The lowest BCUT2D eigenvalue weighted by atomic mass is 9.74. The molecule has 2 atom stereocenters. The number of carboxylic acid groups (broad SMARTS) is 1. The molecule has 3 aliphatic rings. The Kier molecular flexibility index (Phi) is 4.01. The van der Waals surface area contributed by atoms with Crippen LogP contribution in [0.2, 0.25) is 0 Å². The van der Waals surface area contributed by atoms with Crippen LogP contribution >= 0.6 is 0 Å². The van der Waals surface area contributed by atoms with Crippen LogP contribution in [0.25, 0.3) is 5.69 Å². The van der Waals surface area contributed by atoms with Gasteiger partial charge in [-0.1, -0.05) is 18.2 Å². The highest BCUT2D eigenvalue weighted by atomic mass is 16.5. The summed E-state index contributed by atoms with van der Waals surface area (Å²) in [6.07, 6.45) is 4.20. The topological polar surface area (TPSA) is 84.7 Å². The molecule has 2 aliphatic heterocycles. The van der Waals surface area contributed by atoms with E-state index in [-0.39, 0.29) is 18.4 Å². The van der Waals surface area contributed by atoms with E-state index >= 15 is 0 Å². The van der Waals surface area contributed by atoms with Crippen molar-refractivity contribution in [2.75, 3.05) is 26.3 Å². The van der Waals surface area contributed by atoms with E-state index in [9.17, 15) is 14.7 Å². The first-order valence-corrected chi connectivity index (χ1v) is 9.84. The molecular weight excluding hydrogens is 358 g/mol. The van der Waals surface area contributed by atoms with Crippen molar-refractivity contribution >= 4 is 11.9 Å². The fourth-order valence-electron chi connectivity index (χ4n) is 4.67. The molecule has 1 N–H and O–H groups in total. The number of ether oxygens (including phenoxy) is 1. The lowest BCUT2D eigenvalue weighted by molar-refractivity contribution is -0.157. The van der Waals surface area contributed by atoms with Crippen LogP contribution in [-0.2, 0) is 9.53 Å². The van der Waals surface area contributed by atoms with Crippen LogP contribution in [0.1, 0.15) is 41.2 Å². The van der Waals surface area contributed by atoms with Gasteiger partial charge >= 0.3 is 5.97 Å². The minimum absolute atomic E-state index is 0.112. The van der Waals surface area contributed by atoms with Crippen molar-refractivity contribution in [1.82, 2.24) is 14.7 Å². The van der Waals surface area contributed by atoms with E-state index < -0.39 is 11.4 Å². The summed E-state index contributed by atoms with van der Waals surface area (Å²) in [5.41, 5.74) is 1.61. The molecule has 2 saturated heterocycles. The molecule has 3 fully saturated rings. The molecule has 28 heavy (non-hydrogen) atoms. The zero-order valence-electron chi connectivity index (χ0n) is 15.6. The lowest BCUT2D eigenvalue weighted by Crippen LogP contribution is -2.45. The van der Waals surface area contributed by atoms with Gasteiger partial charge in [-0.05, 0) is 31.4 Å². The van der Waals surface area contributed by atoms with Crippen molar-refractivity contribution in [3.63, 3.8) is 0 Å². The van der Waals surface area contributed by atoms with Crippen molar-refractivity contribution in [2.45, 2.75) is 25.2 Å². The third-order valence-corrected chi connectivity index (χ3v) is 6.42. The Morgan fingerprint density at radius 2 is 2.00 bits per heavy atom. The monoisotopic (exact) mass is 381 g/mol. The molecule has 1 aromatic carbocycles. The number of hydrogen-bond acceptors (Lipinski definition) is 4. The number of carbonyl (C=O) groups excluding carboxylic acids is 1. The summed E-state index contributed by atoms with van der Waals surface area (Å²) in [5, 5.41) is 14.4. The highest BCUT2D eigenvalue weighted by Crippen LogP contribution is 2.45. The summed E-state index contributed by atoms with van der Waals surface area (Å²) in [7, 11) is 0. The number of benzene rings is 1. The second-order valence-electron chi connectivity index (χ2n) is 8.13. The number of nitrogens with zero attached hydrogens (tertiary/aromatic N) is 3. The third kappa shape index (κ3) is 2.64. The highest BCUT2D eigenvalue weighted by molar-refractivity contribution is 5.96. The van der Waals surface area contributed by atoms with Crippen LogP contribution in [0.5, 0.6) is 0 Å². The Hall–Kier alpha value is -2.67. The standard InChI is InChI=1S/C21H23N3O4/c25-19(23-11-15-12-28-9-8-21(15,13-23)20(26)27)17-10-22-24(18(17)14-6-7-14)16-4-2-1-3-5-16/h1-5,10,14-15H,6-9,11-13H2,(H,26,27)/t15-,21+/m0/s1. The minimum Gasteiger partial charge on any atom is -0.481 e. The molecule has 2 aromatic rings. The third-order valence-electron chi connectivity index (χ3n) is 6.42. The van der Waals surface area contributed by atoms with Crippen LogP contribution in [0, 0.1) is 11.3 Å². The van der Waals surface area contributed by atoms with Crippen molar-refractivity contribution in [1.29, 1.82) is 0 Å². The van der Waals surface area contributed by atoms with Gasteiger partial charge in [-0.3, -0.25) is 9.59 Å². The normalized spacial score (nSPS) is 26.9. The maximum atomic E-state index is 13.4. The van der Waals surface area contributed by atoms with Gasteiger partial charge in [0.2, 0.25) is 0 Å².